The summed E-state index contributed by atoms with van der Waals surface area (Å²) in [7, 11) is 4.04. The number of alkyl halides is 3. The maximum atomic E-state index is 13.7. The lowest BCUT2D eigenvalue weighted by atomic mass is 9.95. The van der Waals surface area contributed by atoms with Gasteiger partial charge >= 0.3 is 11.9 Å². The number of methoxy groups -OCH3 is 3. The summed E-state index contributed by atoms with van der Waals surface area (Å²) in [5.41, 5.74) is 3.46. The molecule has 1 N–H and O–H groups in total. The van der Waals surface area contributed by atoms with Gasteiger partial charge in [0.05, 0.1) is 47.3 Å². The summed E-state index contributed by atoms with van der Waals surface area (Å²) < 4.78 is 71.8. The third-order valence-electron chi connectivity index (χ3n) is 10.4. The Morgan fingerprint density at radius 2 is 1.12 bits per heavy atom. The Bertz CT molecular complexity index is 2080. The molecule has 18 heteroatoms. The molecule has 15 nitrogen and oxygen atoms in total. The molecule has 2 heterocycles. The van der Waals surface area contributed by atoms with Crippen LogP contribution in [0.25, 0.3) is 0 Å². The number of benzene rings is 4. The van der Waals surface area contributed by atoms with Gasteiger partial charge in [-0.05, 0) is 34.4 Å². The molecule has 0 saturated carbocycles. The van der Waals surface area contributed by atoms with E-state index in [2.05, 4.69) is 0 Å². The van der Waals surface area contributed by atoms with Gasteiger partial charge in [-0.25, -0.2) is 4.79 Å². The zero-order chi connectivity index (χ0) is 46.3. The first-order valence-corrected chi connectivity index (χ1v) is 21.8. The van der Waals surface area contributed by atoms with Crippen LogP contribution >= 0.6 is 34.8 Å². The monoisotopic (exact) mass is 959 g/mol. The van der Waals surface area contributed by atoms with E-state index in [1.807, 2.05) is 115 Å². The van der Waals surface area contributed by atoms with Gasteiger partial charge in [0.25, 0.3) is 3.79 Å². The molecule has 350 valence electrons. The van der Waals surface area contributed by atoms with Crippen LogP contribution in [0.3, 0.4) is 0 Å². The highest BCUT2D eigenvalue weighted by molar-refractivity contribution is 6.76. The van der Waals surface area contributed by atoms with E-state index in [1.165, 1.54) is 7.11 Å². The molecule has 2 saturated heterocycles. The van der Waals surface area contributed by atoms with Crippen molar-refractivity contribution in [1.29, 1.82) is 5.41 Å². The average molecular weight is 961 g/mol. The highest BCUT2D eigenvalue weighted by Gasteiger charge is 2.57. The molecule has 65 heavy (non-hydrogen) atoms. The SMILES string of the molecule is COC(=O)[C@@H]1OC(OC(=N)C(Cl)(Cl)Cl)[C@H](OC(C)=O)[C@@H](OC)[C@@H]1OC1O[C@H](COCc2ccccc2)[C@@H](OCc2ccc(OC)cc2)[C@H](OCc2ccccc2)[C@H]1OCc1ccccc1. The maximum absolute atomic E-state index is 13.7. The van der Waals surface area contributed by atoms with E-state index in [9.17, 15) is 9.59 Å². The van der Waals surface area contributed by atoms with Crippen molar-refractivity contribution in [2.45, 2.75) is 98.6 Å². The van der Waals surface area contributed by atoms with Gasteiger partial charge in [-0.3, -0.25) is 10.2 Å². The number of hydrogen-bond acceptors (Lipinski definition) is 15. The van der Waals surface area contributed by atoms with Crippen molar-refractivity contribution in [3.05, 3.63) is 138 Å². The van der Waals surface area contributed by atoms with Gasteiger partial charge in [-0.1, -0.05) is 138 Å². The largest absolute Gasteiger partial charge is 0.497 e. The Morgan fingerprint density at radius 3 is 1.63 bits per heavy atom. The van der Waals surface area contributed by atoms with E-state index in [-0.39, 0.29) is 33.0 Å². The lowest BCUT2D eigenvalue weighted by molar-refractivity contribution is -0.364. The second kappa shape index (κ2) is 24.4. The molecule has 2 aliphatic heterocycles. The summed E-state index contributed by atoms with van der Waals surface area (Å²) in [6.45, 7) is 1.70. The Balaban J connectivity index is 1.42. The fourth-order valence-corrected chi connectivity index (χ4v) is 7.42. The molecule has 2 unspecified atom stereocenters. The molecule has 0 spiro atoms. The van der Waals surface area contributed by atoms with Crippen LogP contribution in [-0.2, 0) is 88.1 Å². The minimum atomic E-state index is -2.35. The molecular weight excluding hydrogens is 909 g/mol. The highest BCUT2D eigenvalue weighted by atomic mass is 35.6. The van der Waals surface area contributed by atoms with Gasteiger partial charge < -0.3 is 56.8 Å². The molecular formula is C47H52Cl3NO14. The Morgan fingerprint density at radius 1 is 0.600 bits per heavy atom. The first-order valence-electron chi connectivity index (χ1n) is 20.6. The van der Waals surface area contributed by atoms with Gasteiger partial charge in [0.15, 0.2) is 18.5 Å². The van der Waals surface area contributed by atoms with Crippen molar-refractivity contribution in [3.63, 3.8) is 0 Å². The molecule has 0 amide bonds. The molecule has 4 aromatic carbocycles. The van der Waals surface area contributed by atoms with E-state index >= 15 is 0 Å². The third kappa shape index (κ3) is 14.1. The summed E-state index contributed by atoms with van der Waals surface area (Å²) in [4.78, 5) is 26.3. The second-order valence-electron chi connectivity index (χ2n) is 15.0. The fourth-order valence-electron chi connectivity index (χ4n) is 7.29. The van der Waals surface area contributed by atoms with Crippen molar-refractivity contribution in [1.82, 2.24) is 0 Å². The molecule has 2 fully saturated rings. The van der Waals surface area contributed by atoms with Crippen LogP contribution in [-0.4, -0.2) is 111 Å². The Kier molecular flexibility index (Phi) is 18.8. The van der Waals surface area contributed by atoms with E-state index < -0.39 is 83.0 Å². The predicted molar refractivity (Wildman–Crippen MR) is 237 cm³/mol. The number of ether oxygens (including phenoxy) is 12. The van der Waals surface area contributed by atoms with Gasteiger partial charge in [0, 0.05) is 14.0 Å². The number of halogens is 3. The zero-order valence-corrected chi connectivity index (χ0v) is 38.4. The molecule has 0 aromatic heterocycles. The molecule has 0 aliphatic carbocycles. The topological polar surface area (TPSA) is 169 Å². The van der Waals surface area contributed by atoms with Crippen LogP contribution < -0.4 is 4.74 Å². The van der Waals surface area contributed by atoms with Crippen molar-refractivity contribution in [2.24, 2.45) is 0 Å². The smallest absolute Gasteiger partial charge is 0.338 e. The number of carbonyl (C=O) groups is 2. The van der Waals surface area contributed by atoms with Crippen molar-refractivity contribution < 1.29 is 66.4 Å². The highest BCUT2D eigenvalue weighted by Crippen LogP contribution is 2.38. The van der Waals surface area contributed by atoms with E-state index in [1.54, 1.807) is 7.11 Å². The van der Waals surface area contributed by atoms with E-state index in [0.717, 1.165) is 36.3 Å². The summed E-state index contributed by atoms with van der Waals surface area (Å²) in [5, 5.41) is 8.27. The van der Waals surface area contributed by atoms with Crippen LogP contribution in [0.2, 0.25) is 0 Å². The molecule has 0 bridgehead atoms. The van der Waals surface area contributed by atoms with Crippen LogP contribution in [0.4, 0.5) is 0 Å². The van der Waals surface area contributed by atoms with Gasteiger partial charge in [0.2, 0.25) is 12.2 Å². The number of nitrogens with one attached hydrogen (secondary N) is 1. The van der Waals surface area contributed by atoms with Crippen molar-refractivity contribution in [2.75, 3.05) is 27.9 Å². The lowest BCUT2D eigenvalue weighted by Crippen LogP contribution is -2.67. The molecule has 10 atom stereocenters. The molecule has 6 rings (SSSR count). The average Bonchev–Trinajstić information content (AvgIpc) is 3.31. The van der Waals surface area contributed by atoms with Crippen LogP contribution in [0.5, 0.6) is 5.75 Å². The summed E-state index contributed by atoms with van der Waals surface area (Å²) >= 11 is 17.8. The number of carbonyl (C=O) groups excluding carboxylic acids is 2. The standard InChI is InChI=1S/C47H52Cl3NO14/c1-29(52)61-42-37(55-3)39(40(43(53)56-4)64-45(42)65-46(51)47(48,49)50)63-44-41(60-26-32-18-12-7-13-19-32)38(59-25-31-16-10-6-11-17-31)36(58-27-33-20-22-34(54-2)23-21-33)35(62-44)28-57-24-30-14-8-5-9-15-30/h5-23,35-42,44-45,51H,24-28H2,1-4H3/t35-,36-,37+,38+,39+,40-,41-,42-,44?,45?/m1/s1. The van der Waals surface area contributed by atoms with Crippen LogP contribution in [0.1, 0.15) is 29.2 Å². The van der Waals surface area contributed by atoms with Gasteiger partial charge in [-0.2, -0.15) is 0 Å². The summed E-state index contributed by atoms with van der Waals surface area (Å²) in [5.74, 6) is -1.93. The fraction of sp³-hybridized carbons (Fsp3) is 0.426. The predicted octanol–water partition coefficient (Wildman–Crippen LogP) is 7.29. The van der Waals surface area contributed by atoms with Crippen LogP contribution in [0, 0.1) is 5.41 Å². The summed E-state index contributed by atoms with van der Waals surface area (Å²) in [6.07, 6.45) is -12.9. The minimum Gasteiger partial charge on any atom is -0.497 e. The van der Waals surface area contributed by atoms with E-state index in [0.29, 0.717) is 5.75 Å². The number of rotatable bonds is 20. The van der Waals surface area contributed by atoms with Crippen molar-refractivity contribution in [3.8, 4) is 5.75 Å². The van der Waals surface area contributed by atoms with E-state index in [4.69, 9.17) is 97.1 Å². The number of esters is 2. The van der Waals surface area contributed by atoms with Gasteiger partial charge in [0.1, 0.15) is 42.4 Å². The first-order chi connectivity index (χ1) is 31.4. The molecule has 2 aliphatic rings. The molecule has 0 radical (unpaired) electrons. The third-order valence-corrected chi connectivity index (χ3v) is 11.0. The van der Waals surface area contributed by atoms with Crippen molar-refractivity contribution >= 4 is 52.6 Å². The first kappa shape index (κ1) is 50.1. The van der Waals surface area contributed by atoms with Crippen LogP contribution in [0.15, 0.2) is 115 Å². The normalized spacial score (nSPS) is 25.6. The maximum Gasteiger partial charge on any atom is 0.338 e. The quantitative estimate of drug-likeness (QED) is 0.0406. The number of hydrogen-bond donors (Lipinski definition) is 1. The minimum absolute atomic E-state index is 0.0148. The lowest BCUT2D eigenvalue weighted by Gasteiger charge is -2.49. The molecule has 4 aromatic rings. The Hall–Kier alpha value is -4.36. The Labute approximate surface area is 392 Å². The zero-order valence-electron chi connectivity index (χ0n) is 36.1. The second-order valence-corrected chi connectivity index (χ2v) is 17.2. The summed E-state index contributed by atoms with van der Waals surface area (Å²) in [6, 6.07) is 36.1. The van der Waals surface area contributed by atoms with Gasteiger partial charge in [-0.15, -0.1) is 0 Å².